The van der Waals surface area contributed by atoms with Gasteiger partial charge in [0.05, 0.1) is 6.61 Å². The van der Waals surface area contributed by atoms with Gasteiger partial charge < -0.3 is 15.4 Å². The molecule has 0 spiro atoms. The summed E-state index contributed by atoms with van der Waals surface area (Å²) >= 11 is 0. The summed E-state index contributed by atoms with van der Waals surface area (Å²) < 4.78 is 5.73. The van der Waals surface area contributed by atoms with Gasteiger partial charge in [-0.2, -0.15) is 0 Å². The van der Waals surface area contributed by atoms with E-state index in [9.17, 15) is 0 Å². The second kappa shape index (κ2) is 8.55. The summed E-state index contributed by atoms with van der Waals surface area (Å²) in [6.45, 7) is 4.75. The van der Waals surface area contributed by atoms with Crippen molar-refractivity contribution in [1.82, 2.24) is 10.6 Å². The standard InChI is InChI=1S/C17H27N3O/c1-3-4-10-21-16-7-5-6-15(11-16)13-20-17(18-2)19-12-14-8-9-14/h5-7,11,14H,3-4,8-10,12-13H2,1-2H3,(H2,18,19,20). The molecule has 0 unspecified atom stereocenters. The fourth-order valence-electron chi connectivity index (χ4n) is 2.05. The van der Waals surface area contributed by atoms with Crippen LogP contribution in [-0.4, -0.2) is 26.2 Å². The van der Waals surface area contributed by atoms with Crippen molar-refractivity contribution in [1.29, 1.82) is 0 Å². The van der Waals surface area contributed by atoms with Crippen molar-refractivity contribution in [2.24, 2.45) is 10.9 Å². The van der Waals surface area contributed by atoms with E-state index in [-0.39, 0.29) is 0 Å². The first-order valence-electron chi connectivity index (χ1n) is 7.98. The van der Waals surface area contributed by atoms with Crippen molar-refractivity contribution in [3.05, 3.63) is 29.8 Å². The van der Waals surface area contributed by atoms with Gasteiger partial charge in [0.2, 0.25) is 0 Å². The van der Waals surface area contributed by atoms with E-state index in [1.807, 2.05) is 19.2 Å². The second-order valence-corrected chi connectivity index (χ2v) is 5.60. The molecule has 0 heterocycles. The number of nitrogens with zero attached hydrogens (tertiary/aromatic N) is 1. The molecule has 0 aromatic heterocycles. The lowest BCUT2D eigenvalue weighted by Gasteiger charge is -2.12. The first-order chi connectivity index (χ1) is 10.3. The topological polar surface area (TPSA) is 45.6 Å². The minimum Gasteiger partial charge on any atom is -0.494 e. The molecule has 1 aliphatic rings. The zero-order valence-electron chi connectivity index (χ0n) is 13.2. The number of unbranched alkanes of at least 4 members (excludes halogenated alkanes) is 1. The van der Waals surface area contributed by atoms with E-state index < -0.39 is 0 Å². The first kappa shape index (κ1) is 15.7. The van der Waals surface area contributed by atoms with Gasteiger partial charge in [0.1, 0.15) is 5.75 Å². The van der Waals surface area contributed by atoms with E-state index in [0.717, 1.165) is 50.2 Å². The molecule has 1 aliphatic carbocycles. The van der Waals surface area contributed by atoms with Crippen molar-refractivity contribution < 1.29 is 4.74 Å². The molecule has 1 aromatic rings. The Morgan fingerprint density at radius 2 is 2.19 bits per heavy atom. The summed E-state index contributed by atoms with van der Waals surface area (Å²) in [6, 6.07) is 8.25. The molecule has 4 nitrogen and oxygen atoms in total. The molecule has 2 rings (SSSR count). The zero-order chi connectivity index (χ0) is 14.9. The quantitative estimate of drug-likeness (QED) is 0.439. The third kappa shape index (κ3) is 6.06. The minimum atomic E-state index is 0.759. The lowest BCUT2D eigenvalue weighted by Crippen LogP contribution is -2.37. The Morgan fingerprint density at radius 3 is 2.90 bits per heavy atom. The van der Waals surface area contributed by atoms with Crippen LogP contribution in [0.25, 0.3) is 0 Å². The van der Waals surface area contributed by atoms with Gasteiger partial charge in [-0.1, -0.05) is 25.5 Å². The van der Waals surface area contributed by atoms with Crippen LogP contribution in [0.4, 0.5) is 0 Å². The Bertz CT molecular complexity index is 455. The molecule has 1 aromatic carbocycles. The molecule has 116 valence electrons. The van der Waals surface area contributed by atoms with Gasteiger partial charge in [-0.05, 0) is 42.9 Å². The highest BCUT2D eigenvalue weighted by atomic mass is 16.5. The Morgan fingerprint density at radius 1 is 1.33 bits per heavy atom. The molecule has 1 saturated carbocycles. The maximum Gasteiger partial charge on any atom is 0.191 e. The van der Waals surface area contributed by atoms with Crippen molar-refractivity contribution in [3.8, 4) is 5.75 Å². The Hall–Kier alpha value is -1.71. The highest BCUT2D eigenvalue weighted by Gasteiger charge is 2.20. The van der Waals surface area contributed by atoms with Crippen LogP contribution in [0, 0.1) is 5.92 Å². The van der Waals surface area contributed by atoms with E-state index in [1.165, 1.54) is 18.4 Å². The van der Waals surface area contributed by atoms with E-state index in [0.29, 0.717) is 0 Å². The Labute approximate surface area is 128 Å². The average Bonchev–Trinajstić information content (AvgIpc) is 3.32. The highest BCUT2D eigenvalue weighted by molar-refractivity contribution is 5.79. The number of benzene rings is 1. The minimum absolute atomic E-state index is 0.759. The molecule has 4 heteroatoms. The zero-order valence-corrected chi connectivity index (χ0v) is 13.2. The molecule has 2 N–H and O–H groups in total. The molecular formula is C17H27N3O. The van der Waals surface area contributed by atoms with E-state index in [4.69, 9.17) is 4.74 Å². The van der Waals surface area contributed by atoms with Gasteiger partial charge in [0, 0.05) is 20.1 Å². The average molecular weight is 289 g/mol. The fraction of sp³-hybridized carbons (Fsp3) is 0.588. The third-order valence-corrected chi connectivity index (χ3v) is 3.60. The number of hydrogen-bond donors (Lipinski definition) is 2. The van der Waals surface area contributed by atoms with Crippen LogP contribution in [0.3, 0.4) is 0 Å². The lowest BCUT2D eigenvalue weighted by atomic mass is 10.2. The van der Waals surface area contributed by atoms with Crippen molar-refractivity contribution >= 4 is 5.96 Å². The molecule has 0 atom stereocenters. The van der Waals surface area contributed by atoms with Crippen LogP contribution in [0.1, 0.15) is 38.2 Å². The van der Waals surface area contributed by atoms with Gasteiger partial charge in [0.15, 0.2) is 5.96 Å². The van der Waals surface area contributed by atoms with Crippen molar-refractivity contribution in [2.45, 2.75) is 39.2 Å². The van der Waals surface area contributed by atoms with Crippen molar-refractivity contribution in [2.75, 3.05) is 20.2 Å². The molecule has 1 fully saturated rings. The van der Waals surface area contributed by atoms with E-state index in [2.05, 4.69) is 34.7 Å². The molecule has 0 amide bonds. The highest BCUT2D eigenvalue weighted by Crippen LogP contribution is 2.27. The predicted octanol–water partition coefficient (Wildman–Crippen LogP) is 2.94. The van der Waals surface area contributed by atoms with E-state index >= 15 is 0 Å². The monoisotopic (exact) mass is 289 g/mol. The van der Waals surface area contributed by atoms with Gasteiger partial charge in [0.25, 0.3) is 0 Å². The normalized spacial score (nSPS) is 14.9. The van der Waals surface area contributed by atoms with Gasteiger partial charge >= 0.3 is 0 Å². The maximum atomic E-state index is 5.73. The Kier molecular flexibility index (Phi) is 6.38. The number of hydrogen-bond acceptors (Lipinski definition) is 2. The summed E-state index contributed by atoms with van der Waals surface area (Å²) in [5, 5.41) is 6.71. The maximum absolute atomic E-state index is 5.73. The van der Waals surface area contributed by atoms with Gasteiger partial charge in [-0.3, -0.25) is 4.99 Å². The second-order valence-electron chi connectivity index (χ2n) is 5.60. The summed E-state index contributed by atoms with van der Waals surface area (Å²) in [6.07, 6.45) is 4.95. The molecule has 0 saturated heterocycles. The van der Waals surface area contributed by atoms with Crippen LogP contribution in [0.5, 0.6) is 5.75 Å². The SMILES string of the molecule is CCCCOc1cccc(CNC(=NC)NCC2CC2)c1. The van der Waals surface area contributed by atoms with Crippen LogP contribution >= 0.6 is 0 Å². The number of aliphatic imine (C=N–C) groups is 1. The number of nitrogens with one attached hydrogen (secondary N) is 2. The molecule has 0 bridgehead atoms. The fourth-order valence-corrected chi connectivity index (χ4v) is 2.05. The summed E-state index contributed by atoms with van der Waals surface area (Å²) in [4.78, 5) is 4.25. The summed E-state index contributed by atoms with van der Waals surface area (Å²) in [5.41, 5.74) is 1.21. The van der Waals surface area contributed by atoms with Crippen LogP contribution in [-0.2, 0) is 6.54 Å². The van der Waals surface area contributed by atoms with Crippen molar-refractivity contribution in [3.63, 3.8) is 0 Å². The van der Waals surface area contributed by atoms with Crippen LogP contribution < -0.4 is 15.4 Å². The number of rotatable bonds is 8. The first-order valence-corrected chi connectivity index (χ1v) is 7.98. The summed E-state index contributed by atoms with van der Waals surface area (Å²) in [7, 11) is 1.81. The largest absolute Gasteiger partial charge is 0.494 e. The molecule has 0 radical (unpaired) electrons. The number of ether oxygens (including phenoxy) is 1. The summed E-state index contributed by atoms with van der Waals surface area (Å²) in [5.74, 6) is 2.67. The van der Waals surface area contributed by atoms with E-state index in [1.54, 1.807) is 0 Å². The number of guanidine groups is 1. The van der Waals surface area contributed by atoms with Gasteiger partial charge in [-0.25, -0.2) is 0 Å². The van der Waals surface area contributed by atoms with Crippen LogP contribution in [0.2, 0.25) is 0 Å². The molecular weight excluding hydrogens is 262 g/mol. The smallest absolute Gasteiger partial charge is 0.191 e. The van der Waals surface area contributed by atoms with Crippen LogP contribution in [0.15, 0.2) is 29.3 Å². The van der Waals surface area contributed by atoms with Gasteiger partial charge in [-0.15, -0.1) is 0 Å². The third-order valence-electron chi connectivity index (χ3n) is 3.60. The lowest BCUT2D eigenvalue weighted by molar-refractivity contribution is 0.309. The Balaban J connectivity index is 1.76. The molecule has 0 aliphatic heterocycles. The predicted molar refractivity (Wildman–Crippen MR) is 87.8 cm³/mol. The molecule has 21 heavy (non-hydrogen) atoms.